The number of anilines is 1. The molecule has 0 atom stereocenters. The van der Waals surface area contributed by atoms with E-state index in [1.165, 1.54) is 28.3 Å². The average Bonchev–Trinajstić information content (AvgIpc) is 3.27. The third kappa shape index (κ3) is 3.43. The Balaban J connectivity index is 1.64. The highest BCUT2D eigenvalue weighted by molar-refractivity contribution is 9.10. The summed E-state index contributed by atoms with van der Waals surface area (Å²) in [5, 5.41) is 12.9. The van der Waals surface area contributed by atoms with Crippen molar-refractivity contribution in [2.75, 3.05) is 5.32 Å². The number of aryl methyl sites for hydroxylation is 1. The largest absolute Gasteiger partial charge is 0.315 e. The fourth-order valence-electron chi connectivity index (χ4n) is 2.87. The van der Waals surface area contributed by atoms with E-state index in [4.69, 9.17) is 0 Å². The van der Waals surface area contributed by atoms with Gasteiger partial charge < -0.3 is 5.32 Å². The molecule has 4 aromatic rings. The number of thiophene rings is 1. The Hall–Kier alpha value is -2.78. The molecule has 0 saturated carbocycles. The van der Waals surface area contributed by atoms with E-state index in [1.807, 2.05) is 30.5 Å². The highest BCUT2D eigenvalue weighted by Crippen LogP contribution is 2.38. The lowest BCUT2D eigenvalue weighted by atomic mass is 10.1. The van der Waals surface area contributed by atoms with Crippen molar-refractivity contribution in [3.63, 3.8) is 0 Å². The fraction of sp³-hybridized carbons (Fsp3) is 0.111. The Kier molecular flexibility index (Phi) is 4.63. The van der Waals surface area contributed by atoms with Gasteiger partial charge in [-0.1, -0.05) is 11.6 Å². The zero-order valence-corrected chi connectivity index (χ0v) is 16.6. The second-order valence-corrected chi connectivity index (χ2v) is 7.72. The summed E-state index contributed by atoms with van der Waals surface area (Å²) in [6.07, 6.45) is 1.41. The third-order valence-electron chi connectivity index (χ3n) is 4.10. The van der Waals surface area contributed by atoms with Crippen LogP contribution in [0.2, 0.25) is 0 Å². The molecule has 0 aliphatic heterocycles. The van der Waals surface area contributed by atoms with E-state index in [2.05, 4.69) is 36.4 Å². The number of carbonyl (C=O) groups is 1. The number of amides is 1. The van der Waals surface area contributed by atoms with Crippen LogP contribution in [0.3, 0.4) is 0 Å². The number of hydrogen-bond donors (Lipinski definition) is 2. The summed E-state index contributed by atoms with van der Waals surface area (Å²) in [5.41, 5.74) is 2.33. The van der Waals surface area contributed by atoms with Gasteiger partial charge in [0.05, 0.1) is 11.1 Å². The van der Waals surface area contributed by atoms with Gasteiger partial charge in [-0.2, -0.15) is 5.10 Å². The highest BCUT2D eigenvalue weighted by atomic mass is 79.9. The molecule has 3 aromatic heterocycles. The van der Waals surface area contributed by atoms with Crippen LogP contribution in [0.15, 0.2) is 51.3 Å². The molecule has 4 rings (SSSR count). The van der Waals surface area contributed by atoms with Gasteiger partial charge in [0.2, 0.25) is 5.91 Å². The van der Waals surface area contributed by atoms with Crippen molar-refractivity contribution in [3.05, 3.63) is 62.4 Å². The smallest absolute Gasteiger partial charge is 0.251 e. The van der Waals surface area contributed by atoms with E-state index in [9.17, 15) is 9.59 Å². The van der Waals surface area contributed by atoms with Gasteiger partial charge in [-0.15, -0.1) is 11.3 Å². The minimum Gasteiger partial charge on any atom is -0.315 e. The van der Waals surface area contributed by atoms with Crippen LogP contribution in [0.1, 0.15) is 5.56 Å². The summed E-state index contributed by atoms with van der Waals surface area (Å²) in [7, 11) is 0. The monoisotopic (exact) mass is 443 g/mol. The van der Waals surface area contributed by atoms with Crippen LogP contribution in [0.5, 0.6) is 0 Å². The van der Waals surface area contributed by atoms with Gasteiger partial charge in [0.1, 0.15) is 17.9 Å². The number of H-pyrrole nitrogens is 1. The summed E-state index contributed by atoms with van der Waals surface area (Å²) in [5.74, 6) is 0.261. The first-order valence-corrected chi connectivity index (χ1v) is 9.73. The third-order valence-corrected chi connectivity index (χ3v) is 5.92. The summed E-state index contributed by atoms with van der Waals surface area (Å²) in [6, 6.07) is 9.03. The van der Waals surface area contributed by atoms with E-state index >= 15 is 0 Å². The first-order chi connectivity index (χ1) is 13.0. The number of hydrogen-bond acceptors (Lipinski definition) is 5. The van der Waals surface area contributed by atoms with Crippen LogP contribution < -0.4 is 10.9 Å². The number of nitrogens with zero attached hydrogens (tertiary/aromatic N) is 3. The van der Waals surface area contributed by atoms with Crippen molar-refractivity contribution in [2.45, 2.75) is 13.5 Å². The van der Waals surface area contributed by atoms with Crippen LogP contribution in [-0.2, 0) is 11.3 Å². The summed E-state index contributed by atoms with van der Waals surface area (Å²) in [6.45, 7) is 1.91. The van der Waals surface area contributed by atoms with Crippen molar-refractivity contribution < 1.29 is 4.79 Å². The Morgan fingerprint density at radius 3 is 2.96 bits per heavy atom. The number of benzene rings is 1. The molecule has 1 amide bonds. The highest BCUT2D eigenvalue weighted by Gasteiger charge is 2.17. The van der Waals surface area contributed by atoms with Gasteiger partial charge >= 0.3 is 0 Å². The fourth-order valence-corrected chi connectivity index (χ4v) is 4.51. The SMILES string of the molecule is Cc1ccc2c(ccc(=O)n2CC(=O)Nc2scc(Br)c2-c2ncn[nH]2)c1. The molecule has 7 nitrogen and oxygen atoms in total. The Morgan fingerprint density at radius 2 is 2.19 bits per heavy atom. The number of carbonyl (C=O) groups excluding carboxylic acids is 1. The zero-order valence-electron chi connectivity index (χ0n) is 14.2. The first kappa shape index (κ1) is 17.6. The summed E-state index contributed by atoms with van der Waals surface area (Å²) >= 11 is 4.83. The van der Waals surface area contributed by atoms with Crippen LogP contribution in [0.25, 0.3) is 22.3 Å². The number of pyridine rings is 1. The van der Waals surface area contributed by atoms with Crippen molar-refractivity contribution in [3.8, 4) is 11.4 Å². The lowest BCUT2D eigenvalue weighted by molar-refractivity contribution is -0.116. The van der Waals surface area contributed by atoms with Crippen LogP contribution in [0.4, 0.5) is 5.00 Å². The van der Waals surface area contributed by atoms with E-state index in [1.54, 1.807) is 6.07 Å². The Morgan fingerprint density at radius 1 is 1.33 bits per heavy atom. The molecule has 0 aliphatic rings. The molecule has 0 fully saturated rings. The summed E-state index contributed by atoms with van der Waals surface area (Å²) < 4.78 is 2.28. The minimum atomic E-state index is -0.291. The maximum Gasteiger partial charge on any atom is 0.251 e. The Bertz CT molecular complexity index is 1200. The molecule has 0 aliphatic carbocycles. The summed E-state index contributed by atoms with van der Waals surface area (Å²) in [4.78, 5) is 29.1. The number of fused-ring (bicyclic) bond motifs is 1. The number of aromatic amines is 1. The normalized spacial score (nSPS) is 11.0. The standard InChI is InChI=1S/C18H14BrN5O2S/c1-10-2-4-13-11(6-10)3-5-15(26)24(13)7-14(25)22-18-16(12(19)8-27-18)17-20-9-21-23-17/h2-6,8-9H,7H2,1H3,(H,22,25)(H,20,21,23). The van der Waals surface area contributed by atoms with Crippen molar-refractivity contribution in [1.29, 1.82) is 0 Å². The van der Waals surface area contributed by atoms with E-state index in [0.29, 0.717) is 10.8 Å². The van der Waals surface area contributed by atoms with Gasteiger partial charge in [-0.05, 0) is 46.4 Å². The number of halogens is 1. The van der Waals surface area contributed by atoms with Crippen molar-refractivity contribution in [1.82, 2.24) is 19.7 Å². The van der Waals surface area contributed by atoms with Gasteiger partial charge in [0.25, 0.3) is 5.56 Å². The topological polar surface area (TPSA) is 92.7 Å². The lowest BCUT2D eigenvalue weighted by Gasteiger charge is -2.11. The molecule has 0 radical (unpaired) electrons. The average molecular weight is 444 g/mol. The van der Waals surface area contributed by atoms with Gasteiger partial charge in [0.15, 0.2) is 5.82 Å². The zero-order chi connectivity index (χ0) is 19.0. The van der Waals surface area contributed by atoms with E-state index < -0.39 is 0 Å². The molecular formula is C18H14BrN5O2S. The van der Waals surface area contributed by atoms with Crippen LogP contribution >= 0.6 is 27.3 Å². The van der Waals surface area contributed by atoms with Crippen LogP contribution in [-0.4, -0.2) is 25.7 Å². The molecule has 0 spiro atoms. The molecule has 0 saturated heterocycles. The number of nitrogens with one attached hydrogen (secondary N) is 2. The molecule has 27 heavy (non-hydrogen) atoms. The van der Waals surface area contributed by atoms with Gasteiger partial charge in [-0.3, -0.25) is 19.3 Å². The molecule has 2 N–H and O–H groups in total. The van der Waals surface area contributed by atoms with Gasteiger partial charge in [0, 0.05) is 15.9 Å². The minimum absolute atomic E-state index is 0.0788. The molecule has 0 unspecified atom stereocenters. The first-order valence-electron chi connectivity index (χ1n) is 8.06. The van der Waals surface area contributed by atoms with E-state index in [-0.39, 0.29) is 18.0 Å². The Labute approximate surface area is 166 Å². The van der Waals surface area contributed by atoms with Crippen LogP contribution in [0, 0.1) is 6.92 Å². The van der Waals surface area contributed by atoms with Gasteiger partial charge in [-0.25, -0.2) is 4.98 Å². The second kappa shape index (κ2) is 7.09. The lowest BCUT2D eigenvalue weighted by Crippen LogP contribution is -2.27. The molecule has 1 aromatic carbocycles. The maximum absolute atomic E-state index is 12.7. The number of aromatic nitrogens is 4. The number of rotatable bonds is 4. The van der Waals surface area contributed by atoms with Crippen molar-refractivity contribution in [2.24, 2.45) is 0 Å². The molecule has 136 valence electrons. The predicted molar refractivity (Wildman–Crippen MR) is 109 cm³/mol. The molecular weight excluding hydrogens is 430 g/mol. The van der Waals surface area contributed by atoms with E-state index in [0.717, 1.165) is 26.5 Å². The predicted octanol–water partition coefficient (Wildman–Crippen LogP) is 3.56. The molecule has 0 bridgehead atoms. The molecule has 9 heteroatoms. The maximum atomic E-state index is 12.7. The quantitative estimate of drug-likeness (QED) is 0.504. The van der Waals surface area contributed by atoms with Crippen molar-refractivity contribution >= 4 is 49.1 Å². The molecule has 3 heterocycles. The second-order valence-electron chi connectivity index (χ2n) is 5.99.